The zero-order valence-corrected chi connectivity index (χ0v) is 15.9. The largest absolute Gasteiger partial charge is 0.494 e. The normalized spacial score (nSPS) is 12.1. The maximum Gasteiger partial charge on any atom is 0.128 e. The van der Waals surface area contributed by atoms with Gasteiger partial charge in [0.05, 0.1) is 13.2 Å². The average molecular weight is 347 g/mol. The molecule has 135 valence electrons. The standard InChI is InChI=1S/C24H27O2/c1-3-5-15-25-23-13-11-19-8-10-22-18-24(26-16-6-4-2)14-12-20(22)7-9-21(19)17-23/h11-13,17-18H,3-7,9,15-16H2,1-2H3. The van der Waals surface area contributed by atoms with Crippen LogP contribution in [0.3, 0.4) is 0 Å². The second-order valence-corrected chi connectivity index (χ2v) is 6.71. The molecule has 2 heteroatoms. The van der Waals surface area contributed by atoms with Gasteiger partial charge < -0.3 is 9.47 Å². The fourth-order valence-corrected chi connectivity index (χ4v) is 2.96. The second kappa shape index (κ2) is 9.34. The Bertz CT molecular complexity index is 796. The van der Waals surface area contributed by atoms with E-state index < -0.39 is 0 Å². The molecule has 1 aliphatic carbocycles. The van der Waals surface area contributed by atoms with E-state index in [2.05, 4.69) is 43.9 Å². The Hall–Kier alpha value is -2.40. The maximum absolute atomic E-state index is 5.85. The molecule has 0 N–H and O–H groups in total. The minimum absolute atomic E-state index is 0.739. The zero-order chi connectivity index (χ0) is 18.2. The van der Waals surface area contributed by atoms with Crippen LogP contribution in [0, 0.1) is 17.9 Å². The number of fused-ring (bicyclic) bond motifs is 2. The summed E-state index contributed by atoms with van der Waals surface area (Å²) in [5, 5.41) is 0. The summed E-state index contributed by atoms with van der Waals surface area (Å²) in [5.41, 5.74) is 4.66. The van der Waals surface area contributed by atoms with Crippen LogP contribution in [-0.2, 0) is 12.8 Å². The van der Waals surface area contributed by atoms with Gasteiger partial charge in [-0.25, -0.2) is 0 Å². The lowest BCUT2D eigenvalue weighted by Gasteiger charge is -2.13. The Morgan fingerprint density at radius 3 is 2.38 bits per heavy atom. The van der Waals surface area contributed by atoms with Gasteiger partial charge >= 0.3 is 0 Å². The topological polar surface area (TPSA) is 18.5 Å². The van der Waals surface area contributed by atoms with Gasteiger partial charge in [-0.05, 0) is 67.1 Å². The number of hydrogen-bond acceptors (Lipinski definition) is 2. The lowest BCUT2D eigenvalue weighted by Crippen LogP contribution is -2.03. The number of benzene rings is 2. The van der Waals surface area contributed by atoms with Gasteiger partial charge in [-0.15, -0.1) is 0 Å². The summed E-state index contributed by atoms with van der Waals surface area (Å²) < 4.78 is 11.6. The predicted molar refractivity (Wildman–Crippen MR) is 106 cm³/mol. The van der Waals surface area contributed by atoms with Gasteiger partial charge in [0.1, 0.15) is 11.5 Å². The summed E-state index contributed by atoms with van der Waals surface area (Å²) in [6.45, 7) is 5.85. The summed E-state index contributed by atoms with van der Waals surface area (Å²) in [7, 11) is 0. The molecule has 0 saturated heterocycles. The highest BCUT2D eigenvalue weighted by Gasteiger charge is 2.10. The van der Waals surface area contributed by atoms with Crippen LogP contribution in [0.5, 0.6) is 11.5 Å². The Morgan fingerprint density at radius 1 is 0.846 bits per heavy atom. The summed E-state index contributed by atoms with van der Waals surface area (Å²) >= 11 is 0. The van der Waals surface area contributed by atoms with Gasteiger partial charge in [0, 0.05) is 17.2 Å². The molecule has 0 unspecified atom stereocenters. The molecule has 2 nitrogen and oxygen atoms in total. The molecular formula is C24H27O2. The van der Waals surface area contributed by atoms with E-state index in [1.807, 2.05) is 18.2 Å². The van der Waals surface area contributed by atoms with E-state index in [4.69, 9.17) is 9.47 Å². The Morgan fingerprint density at radius 2 is 1.58 bits per heavy atom. The van der Waals surface area contributed by atoms with Crippen LogP contribution in [0.15, 0.2) is 30.3 Å². The molecule has 1 aliphatic rings. The third-order valence-corrected chi connectivity index (χ3v) is 4.60. The van der Waals surface area contributed by atoms with Crippen molar-refractivity contribution in [2.45, 2.75) is 52.4 Å². The van der Waals surface area contributed by atoms with Gasteiger partial charge in [0.15, 0.2) is 0 Å². The van der Waals surface area contributed by atoms with Gasteiger partial charge in [0.2, 0.25) is 0 Å². The van der Waals surface area contributed by atoms with Crippen LogP contribution in [0.1, 0.15) is 61.8 Å². The smallest absolute Gasteiger partial charge is 0.128 e. The molecular weight excluding hydrogens is 320 g/mol. The Kier molecular flexibility index (Phi) is 6.61. The lowest BCUT2D eigenvalue weighted by molar-refractivity contribution is 0.308. The van der Waals surface area contributed by atoms with E-state index in [0.717, 1.165) is 74.4 Å². The average Bonchev–Trinajstić information content (AvgIpc) is 2.65. The highest BCUT2D eigenvalue weighted by atomic mass is 16.5. The van der Waals surface area contributed by atoms with Crippen molar-refractivity contribution in [2.75, 3.05) is 13.2 Å². The monoisotopic (exact) mass is 347 g/mol. The molecule has 1 radical (unpaired) electrons. The number of ether oxygens (including phenoxy) is 2. The van der Waals surface area contributed by atoms with Crippen molar-refractivity contribution in [3.63, 3.8) is 0 Å². The first-order valence-corrected chi connectivity index (χ1v) is 9.75. The number of unbranched alkanes of at least 4 members (excludes halogenated alkanes) is 2. The number of rotatable bonds is 8. The van der Waals surface area contributed by atoms with E-state index in [9.17, 15) is 0 Å². The molecule has 2 aromatic carbocycles. The third kappa shape index (κ3) is 4.82. The predicted octanol–water partition coefficient (Wildman–Crippen LogP) is 5.34. The fraction of sp³-hybridized carbons (Fsp3) is 0.417. The maximum atomic E-state index is 5.85. The van der Waals surface area contributed by atoms with Crippen LogP contribution in [0.2, 0.25) is 0 Å². The zero-order valence-electron chi connectivity index (χ0n) is 15.9. The first kappa shape index (κ1) is 18.4. The SMILES string of the molecule is CCCCOc1[c]cc2c(c1)C#Cc1ccc(OCCCC)cc1CC2. The first-order chi connectivity index (χ1) is 12.8. The lowest BCUT2D eigenvalue weighted by atomic mass is 9.94. The molecule has 0 saturated carbocycles. The first-order valence-electron chi connectivity index (χ1n) is 9.75. The number of aryl methyl sites for hydroxylation is 2. The van der Waals surface area contributed by atoms with E-state index in [1.54, 1.807) is 0 Å². The molecule has 0 amide bonds. The Balaban J connectivity index is 1.78. The van der Waals surface area contributed by atoms with Gasteiger partial charge in [0.25, 0.3) is 0 Å². The van der Waals surface area contributed by atoms with Crippen molar-refractivity contribution < 1.29 is 9.47 Å². The summed E-state index contributed by atoms with van der Waals surface area (Å²) in [6.07, 6.45) is 6.35. The molecule has 26 heavy (non-hydrogen) atoms. The molecule has 0 bridgehead atoms. The van der Waals surface area contributed by atoms with Gasteiger partial charge in [-0.3, -0.25) is 0 Å². The van der Waals surface area contributed by atoms with E-state index in [-0.39, 0.29) is 0 Å². The van der Waals surface area contributed by atoms with Crippen molar-refractivity contribution in [2.24, 2.45) is 0 Å². The van der Waals surface area contributed by atoms with Crippen molar-refractivity contribution in [3.8, 4) is 23.3 Å². The summed E-state index contributed by atoms with van der Waals surface area (Å²) in [5.74, 6) is 8.42. The highest BCUT2D eigenvalue weighted by molar-refractivity contribution is 5.54. The van der Waals surface area contributed by atoms with Crippen LogP contribution < -0.4 is 9.47 Å². The molecule has 0 aromatic heterocycles. The second-order valence-electron chi connectivity index (χ2n) is 6.71. The van der Waals surface area contributed by atoms with Crippen molar-refractivity contribution in [3.05, 3.63) is 58.7 Å². The van der Waals surface area contributed by atoms with Crippen LogP contribution >= 0.6 is 0 Å². The van der Waals surface area contributed by atoms with Gasteiger partial charge in [-0.1, -0.05) is 38.5 Å². The van der Waals surface area contributed by atoms with Crippen molar-refractivity contribution in [1.29, 1.82) is 0 Å². The molecule has 0 heterocycles. The van der Waals surface area contributed by atoms with Crippen LogP contribution in [-0.4, -0.2) is 13.2 Å². The summed E-state index contributed by atoms with van der Waals surface area (Å²) in [4.78, 5) is 0. The molecule has 2 aromatic rings. The molecule has 3 rings (SSSR count). The Labute approximate surface area is 157 Å². The minimum Gasteiger partial charge on any atom is -0.494 e. The van der Waals surface area contributed by atoms with Crippen molar-refractivity contribution >= 4 is 0 Å². The molecule has 0 spiro atoms. The molecule has 0 fully saturated rings. The fourth-order valence-electron chi connectivity index (χ4n) is 2.96. The number of hydrogen-bond donors (Lipinski definition) is 0. The quantitative estimate of drug-likeness (QED) is 0.474. The van der Waals surface area contributed by atoms with Crippen molar-refractivity contribution in [1.82, 2.24) is 0 Å². The van der Waals surface area contributed by atoms with Crippen LogP contribution in [0.4, 0.5) is 0 Å². The summed E-state index contributed by atoms with van der Waals surface area (Å²) in [6, 6.07) is 13.6. The van der Waals surface area contributed by atoms with Gasteiger partial charge in [-0.2, -0.15) is 0 Å². The van der Waals surface area contributed by atoms with E-state index >= 15 is 0 Å². The molecule has 0 atom stereocenters. The minimum atomic E-state index is 0.739. The third-order valence-electron chi connectivity index (χ3n) is 4.60. The van der Waals surface area contributed by atoms with Crippen LogP contribution in [0.25, 0.3) is 0 Å². The highest BCUT2D eigenvalue weighted by Crippen LogP contribution is 2.24. The van der Waals surface area contributed by atoms with E-state index in [0.29, 0.717) is 0 Å². The molecule has 0 aliphatic heterocycles. The van der Waals surface area contributed by atoms with E-state index in [1.165, 1.54) is 11.1 Å².